The van der Waals surface area contributed by atoms with E-state index < -0.39 is 59.5 Å². The Hall–Kier alpha value is -1.89. The average Bonchev–Trinajstić information content (AvgIpc) is 3.17. The number of hydrogen-bond acceptors (Lipinski definition) is 5. The Morgan fingerprint density at radius 2 is 1.66 bits per heavy atom. The van der Waals surface area contributed by atoms with Crippen molar-refractivity contribution >= 4 is 5.91 Å². The average molecular weight is 512 g/mol. The van der Waals surface area contributed by atoms with Gasteiger partial charge in [-0.1, -0.05) is 0 Å². The van der Waals surface area contributed by atoms with Crippen LogP contribution >= 0.6 is 0 Å². The lowest BCUT2D eigenvalue weighted by Gasteiger charge is -2.32. The molecule has 2 aliphatic rings. The monoisotopic (exact) mass is 512 g/mol. The third-order valence-electron chi connectivity index (χ3n) is 6.70. The molecule has 0 aromatic heterocycles. The summed E-state index contributed by atoms with van der Waals surface area (Å²) in [6, 6.07) is 0.727. The van der Waals surface area contributed by atoms with Gasteiger partial charge in [-0.15, -0.1) is 0 Å². The van der Waals surface area contributed by atoms with Crippen molar-refractivity contribution in [2.45, 2.75) is 75.8 Å². The van der Waals surface area contributed by atoms with Crippen molar-refractivity contribution in [3.05, 3.63) is 34.9 Å². The van der Waals surface area contributed by atoms with Gasteiger partial charge in [0.15, 0.2) is 0 Å². The molecule has 0 radical (unpaired) electrons. The summed E-state index contributed by atoms with van der Waals surface area (Å²) in [6.45, 7) is 3.22. The lowest BCUT2D eigenvalue weighted by molar-refractivity contribution is -0.143. The fourth-order valence-corrected chi connectivity index (χ4v) is 4.91. The molecular weight excluding hydrogens is 482 g/mol. The Morgan fingerprint density at radius 3 is 2.17 bits per heavy atom. The van der Waals surface area contributed by atoms with Crippen molar-refractivity contribution in [1.82, 2.24) is 10.6 Å². The van der Waals surface area contributed by atoms with E-state index in [4.69, 9.17) is 4.74 Å². The van der Waals surface area contributed by atoms with Gasteiger partial charge in [-0.3, -0.25) is 4.79 Å². The first-order chi connectivity index (χ1) is 16.1. The SMILES string of the molecule is CC(C)(O)C1C[C@@H](NC2CCOCC2O)C[C@H]1C(=O)NCc1cc(C(F)(F)F)cc(C(F)(F)F)c1. The van der Waals surface area contributed by atoms with Crippen molar-refractivity contribution in [3.63, 3.8) is 0 Å². The maximum absolute atomic E-state index is 13.1. The second kappa shape index (κ2) is 10.2. The molecule has 0 bridgehead atoms. The molecule has 1 amide bonds. The Morgan fingerprint density at radius 1 is 1.06 bits per heavy atom. The standard InChI is InChI=1S/C23H30F6N2O4/c1-21(2,34)17-9-15(31-18-3-4-35-11-19(18)32)8-16(17)20(33)30-10-12-5-13(22(24,25)26)7-14(6-12)23(27,28)29/h5-7,15-19,31-32,34H,3-4,8-11H2,1-2H3,(H,30,33)/t15-,16+,17?,18?,19?/m0/s1. The predicted octanol–water partition coefficient (Wildman–Crippen LogP) is 3.25. The molecule has 3 rings (SSSR count). The number of amides is 1. The van der Waals surface area contributed by atoms with Crippen molar-refractivity contribution in [3.8, 4) is 0 Å². The third-order valence-corrected chi connectivity index (χ3v) is 6.70. The van der Waals surface area contributed by atoms with Crippen molar-refractivity contribution in [2.75, 3.05) is 13.2 Å². The number of halogens is 6. The van der Waals surface area contributed by atoms with Crippen molar-refractivity contribution in [2.24, 2.45) is 11.8 Å². The van der Waals surface area contributed by atoms with Gasteiger partial charge in [-0.2, -0.15) is 26.3 Å². The van der Waals surface area contributed by atoms with Crippen LogP contribution < -0.4 is 10.6 Å². The van der Waals surface area contributed by atoms with Crippen molar-refractivity contribution in [1.29, 1.82) is 0 Å². The summed E-state index contributed by atoms with van der Waals surface area (Å²) in [4.78, 5) is 13.0. The molecule has 1 aromatic carbocycles. The number of aliphatic hydroxyl groups is 2. The zero-order chi connectivity index (χ0) is 26.2. The minimum atomic E-state index is -4.98. The lowest BCUT2D eigenvalue weighted by Crippen LogP contribution is -2.50. The molecule has 1 aromatic rings. The number of ether oxygens (including phenoxy) is 1. The zero-order valence-electron chi connectivity index (χ0n) is 19.3. The molecule has 12 heteroatoms. The topological polar surface area (TPSA) is 90.8 Å². The van der Waals surface area contributed by atoms with Crippen LogP contribution in [0.2, 0.25) is 0 Å². The number of carbonyl (C=O) groups excluding carboxylic acids is 1. The predicted molar refractivity (Wildman–Crippen MR) is 113 cm³/mol. The molecule has 2 fully saturated rings. The Balaban J connectivity index is 1.73. The van der Waals surface area contributed by atoms with E-state index in [-0.39, 0.29) is 30.3 Å². The van der Waals surface area contributed by atoms with E-state index in [0.717, 1.165) is 0 Å². The smallest absolute Gasteiger partial charge is 0.390 e. The summed E-state index contributed by atoms with van der Waals surface area (Å²) < 4.78 is 83.9. The van der Waals surface area contributed by atoms with Gasteiger partial charge in [0, 0.05) is 37.1 Å². The van der Waals surface area contributed by atoms with Crippen LogP contribution in [-0.4, -0.2) is 53.1 Å². The molecule has 6 nitrogen and oxygen atoms in total. The van der Waals surface area contributed by atoms with E-state index in [1.54, 1.807) is 13.8 Å². The molecule has 4 N–H and O–H groups in total. The molecule has 35 heavy (non-hydrogen) atoms. The van der Waals surface area contributed by atoms with Gasteiger partial charge in [-0.05, 0) is 56.9 Å². The Bertz CT molecular complexity index is 867. The molecule has 5 atom stereocenters. The van der Waals surface area contributed by atoms with Crippen LogP contribution in [0.25, 0.3) is 0 Å². The van der Waals surface area contributed by atoms with Crippen LogP contribution in [0.4, 0.5) is 26.3 Å². The highest BCUT2D eigenvalue weighted by molar-refractivity contribution is 5.79. The normalized spacial score (nSPS) is 28.2. The fourth-order valence-electron chi connectivity index (χ4n) is 4.91. The maximum Gasteiger partial charge on any atom is 0.416 e. The molecule has 198 valence electrons. The van der Waals surface area contributed by atoms with Gasteiger partial charge in [0.05, 0.1) is 29.4 Å². The van der Waals surface area contributed by atoms with Crippen LogP contribution in [0.5, 0.6) is 0 Å². The second-order valence-electron chi connectivity index (χ2n) is 9.87. The number of hydrogen-bond donors (Lipinski definition) is 4. The number of nitrogens with one attached hydrogen (secondary N) is 2. The molecule has 0 spiro atoms. The van der Waals surface area contributed by atoms with Gasteiger partial charge < -0.3 is 25.6 Å². The highest BCUT2D eigenvalue weighted by Gasteiger charge is 2.46. The van der Waals surface area contributed by atoms with E-state index in [1.807, 2.05) is 0 Å². The summed E-state index contributed by atoms with van der Waals surface area (Å²) in [5.74, 6) is -1.80. The van der Waals surface area contributed by atoms with Gasteiger partial charge in [0.2, 0.25) is 5.91 Å². The number of aliphatic hydroxyl groups excluding tert-OH is 1. The number of carbonyl (C=O) groups is 1. The lowest BCUT2D eigenvalue weighted by atomic mass is 9.82. The highest BCUT2D eigenvalue weighted by atomic mass is 19.4. The van der Waals surface area contributed by atoms with E-state index >= 15 is 0 Å². The summed E-state index contributed by atoms with van der Waals surface area (Å²) >= 11 is 0. The summed E-state index contributed by atoms with van der Waals surface area (Å²) in [5, 5.41) is 26.5. The van der Waals surface area contributed by atoms with Crippen LogP contribution in [0.3, 0.4) is 0 Å². The van der Waals surface area contributed by atoms with Crippen LogP contribution in [0, 0.1) is 11.8 Å². The summed E-state index contributed by atoms with van der Waals surface area (Å²) in [5.41, 5.74) is -4.50. The van der Waals surface area contributed by atoms with Gasteiger partial charge in [0.1, 0.15) is 0 Å². The van der Waals surface area contributed by atoms with E-state index in [1.165, 1.54) is 0 Å². The first kappa shape index (κ1) is 27.7. The third kappa shape index (κ3) is 7.08. The number of benzene rings is 1. The summed E-state index contributed by atoms with van der Waals surface area (Å²) in [6.07, 6.45) is -9.41. The van der Waals surface area contributed by atoms with Gasteiger partial charge >= 0.3 is 12.4 Å². The van der Waals surface area contributed by atoms with Crippen LogP contribution in [0.1, 0.15) is 49.8 Å². The minimum absolute atomic E-state index is 0.0353. The molecule has 1 heterocycles. The number of rotatable bonds is 6. The van der Waals surface area contributed by atoms with Gasteiger partial charge in [-0.25, -0.2) is 0 Å². The van der Waals surface area contributed by atoms with E-state index in [0.29, 0.717) is 38.0 Å². The minimum Gasteiger partial charge on any atom is -0.390 e. The van der Waals surface area contributed by atoms with E-state index in [2.05, 4.69) is 10.6 Å². The fraction of sp³-hybridized carbons (Fsp3) is 0.696. The quantitative estimate of drug-likeness (QED) is 0.440. The molecule has 1 aliphatic carbocycles. The Labute approximate surface area is 199 Å². The largest absolute Gasteiger partial charge is 0.416 e. The molecule has 1 saturated heterocycles. The first-order valence-electron chi connectivity index (χ1n) is 11.4. The number of alkyl halides is 6. The molecule has 3 unspecified atom stereocenters. The summed E-state index contributed by atoms with van der Waals surface area (Å²) in [7, 11) is 0. The van der Waals surface area contributed by atoms with Crippen LogP contribution in [-0.2, 0) is 28.4 Å². The molecular formula is C23H30F6N2O4. The zero-order valence-corrected chi connectivity index (χ0v) is 19.3. The second-order valence-corrected chi connectivity index (χ2v) is 9.87. The van der Waals surface area contributed by atoms with E-state index in [9.17, 15) is 41.4 Å². The molecule has 1 aliphatic heterocycles. The Kier molecular flexibility index (Phi) is 8.10. The van der Waals surface area contributed by atoms with Gasteiger partial charge in [0.25, 0.3) is 0 Å². The maximum atomic E-state index is 13.1. The highest BCUT2D eigenvalue weighted by Crippen LogP contribution is 2.40. The molecule has 1 saturated carbocycles. The first-order valence-corrected chi connectivity index (χ1v) is 11.4. The van der Waals surface area contributed by atoms with Crippen LogP contribution in [0.15, 0.2) is 18.2 Å². The van der Waals surface area contributed by atoms with Crippen molar-refractivity contribution < 1.29 is 46.1 Å².